The largest absolute Gasteiger partial charge is 0.341 e. The maximum absolute atomic E-state index is 5.98. The predicted octanol–water partition coefficient (Wildman–Crippen LogP) is 3.41. The molecule has 0 aliphatic heterocycles. The Morgan fingerprint density at radius 2 is 1.94 bits per heavy atom. The number of nitrogens with zero attached hydrogens (tertiary/aromatic N) is 4. The van der Waals surface area contributed by atoms with E-state index in [1.54, 1.807) is 11.3 Å². The fraction of sp³-hybridized carbons (Fsp3) is 0.417. The SMILES string of the molecule is CCN(CC)c1nc(Cl)nc(-c2csc(C)c2)n1. The highest BCUT2D eigenvalue weighted by molar-refractivity contribution is 7.10. The molecule has 2 aromatic heterocycles. The Bertz CT molecular complexity index is 537. The summed E-state index contributed by atoms with van der Waals surface area (Å²) in [6.45, 7) is 7.88. The summed E-state index contributed by atoms with van der Waals surface area (Å²) in [5.41, 5.74) is 0.996. The second-order valence-corrected chi connectivity index (χ2v) is 5.30. The van der Waals surface area contributed by atoms with Gasteiger partial charge in [-0.15, -0.1) is 11.3 Å². The van der Waals surface area contributed by atoms with Crippen LogP contribution >= 0.6 is 22.9 Å². The van der Waals surface area contributed by atoms with Crippen LogP contribution in [0.15, 0.2) is 11.4 Å². The van der Waals surface area contributed by atoms with Gasteiger partial charge in [0, 0.05) is 28.9 Å². The third kappa shape index (κ3) is 2.79. The van der Waals surface area contributed by atoms with Crippen LogP contribution in [0.1, 0.15) is 18.7 Å². The molecule has 96 valence electrons. The van der Waals surface area contributed by atoms with Crippen LogP contribution in [0.4, 0.5) is 5.95 Å². The molecule has 6 heteroatoms. The van der Waals surface area contributed by atoms with E-state index in [0.29, 0.717) is 11.8 Å². The molecular formula is C12H15ClN4S. The summed E-state index contributed by atoms with van der Waals surface area (Å²) in [6, 6.07) is 2.06. The van der Waals surface area contributed by atoms with E-state index in [-0.39, 0.29) is 5.28 Å². The van der Waals surface area contributed by atoms with Gasteiger partial charge in [-0.05, 0) is 38.4 Å². The average Bonchev–Trinajstić information content (AvgIpc) is 2.77. The van der Waals surface area contributed by atoms with Crippen molar-refractivity contribution < 1.29 is 0 Å². The molecule has 2 aromatic rings. The summed E-state index contributed by atoms with van der Waals surface area (Å²) in [4.78, 5) is 16.1. The Hall–Kier alpha value is -1.20. The van der Waals surface area contributed by atoms with Crippen molar-refractivity contribution in [3.63, 3.8) is 0 Å². The number of rotatable bonds is 4. The van der Waals surface area contributed by atoms with Gasteiger partial charge < -0.3 is 4.90 Å². The maximum Gasteiger partial charge on any atom is 0.230 e. The molecule has 0 spiro atoms. The molecule has 0 atom stereocenters. The highest BCUT2D eigenvalue weighted by atomic mass is 35.5. The number of anilines is 1. The van der Waals surface area contributed by atoms with E-state index in [9.17, 15) is 0 Å². The minimum atomic E-state index is 0.241. The molecule has 0 aliphatic rings. The van der Waals surface area contributed by atoms with Gasteiger partial charge in [0.2, 0.25) is 11.2 Å². The van der Waals surface area contributed by atoms with E-state index in [2.05, 4.69) is 46.7 Å². The third-order valence-electron chi connectivity index (χ3n) is 2.63. The van der Waals surface area contributed by atoms with Crippen molar-refractivity contribution in [3.05, 3.63) is 21.6 Å². The highest BCUT2D eigenvalue weighted by Gasteiger charge is 2.12. The van der Waals surface area contributed by atoms with Gasteiger partial charge in [-0.2, -0.15) is 15.0 Å². The van der Waals surface area contributed by atoms with Crippen LogP contribution in [0, 0.1) is 6.92 Å². The molecule has 0 unspecified atom stereocenters. The van der Waals surface area contributed by atoms with Gasteiger partial charge in [0.1, 0.15) is 0 Å². The third-order valence-corrected chi connectivity index (χ3v) is 3.66. The minimum Gasteiger partial charge on any atom is -0.341 e. The Morgan fingerprint density at radius 3 is 2.50 bits per heavy atom. The Balaban J connectivity index is 2.43. The van der Waals surface area contributed by atoms with Crippen LogP contribution in [-0.2, 0) is 0 Å². The standard InChI is InChI=1S/C12H15ClN4S/c1-4-17(5-2)12-15-10(14-11(13)16-12)9-6-8(3)18-7-9/h6-7H,4-5H2,1-3H3. The van der Waals surface area contributed by atoms with Crippen LogP contribution in [0.2, 0.25) is 5.28 Å². The van der Waals surface area contributed by atoms with Crippen molar-refractivity contribution in [1.82, 2.24) is 15.0 Å². The number of hydrogen-bond donors (Lipinski definition) is 0. The lowest BCUT2D eigenvalue weighted by atomic mass is 10.3. The summed E-state index contributed by atoms with van der Waals surface area (Å²) < 4.78 is 0. The molecule has 0 aliphatic carbocycles. The van der Waals surface area contributed by atoms with E-state index in [1.165, 1.54) is 4.88 Å². The van der Waals surface area contributed by atoms with Crippen LogP contribution in [-0.4, -0.2) is 28.0 Å². The summed E-state index contributed by atoms with van der Waals surface area (Å²) >= 11 is 7.65. The van der Waals surface area contributed by atoms with Gasteiger partial charge in [-0.25, -0.2) is 0 Å². The monoisotopic (exact) mass is 282 g/mol. The summed E-state index contributed by atoms with van der Waals surface area (Å²) in [6.07, 6.45) is 0. The highest BCUT2D eigenvalue weighted by Crippen LogP contribution is 2.24. The van der Waals surface area contributed by atoms with Crippen LogP contribution in [0.5, 0.6) is 0 Å². The van der Waals surface area contributed by atoms with Crippen molar-refractivity contribution in [2.45, 2.75) is 20.8 Å². The Morgan fingerprint density at radius 1 is 1.22 bits per heavy atom. The first kappa shape index (κ1) is 13.2. The molecular weight excluding hydrogens is 268 g/mol. The minimum absolute atomic E-state index is 0.241. The summed E-state index contributed by atoms with van der Waals surface area (Å²) in [7, 11) is 0. The molecule has 0 aromatic carbocycles. The Labute approximate surface area is 116 Å². The van der Waals surface area contributed by atoms with Crippen LogP contribution in [0.25, 0.3) is 11.4 Å². The lowest BCUT2D eigenvalue weighted by molar-refractivity contribution is 0.813. The molecule has 0 saturated heterocycles. The first-order valence-corrected chi connectivity index (χ1v) is 7.11. The van der Waals surface area contributed by atoms with Gasteiger partial charge in [0.25, 0.3) is 0 Å². The van der Waals surface area contributed by atoms with Crippen molar-refractivity contribution >= 4 is 28.9 Å². The fourth-order valence-corrected chi connectivity index (χ4v) is 2.51. The second-order valence-electron chi connectivity index (χ2n) is 3.85. The molecule has 0 fully saturated rings. The summed E-state index contributed by atoms with van der Waals surface area (Å²) in [5, 5.41) is 2.28. The zero-order valence-corrected chi connectivity index (χ0v) is 12.2. The van der Waals surface area contributed by atoms with Gasteiger partial charge in [-0.3, -0.25) is 0 Å². The molecule has 2 heterocycles. The lowest BCUT2D eigenvalue weighted by Crippen LogP contribution is -2.24. The second kappa shape index (κ2) is 5.63. The molecule has 2 rings (SSSR count). The van der Waals surface area contributed by atoms with Gasteiger partial charge >= 0.3 is 0 Å². The van der Waals surface area contributed by atoms with Crippen molar-refractivity contribution in [2.24, 2.45) is 0 Å². The van der Waals surface area contributed by atoms with Crippen LogP contribution < -0.4 is 4.90 Å². The zero-order valence-electron chi connectivity index (χ0n) is 10.6. The van der Waals surface area contributed by atoms with E-state index in [1.807, 2.05) is 5.38 Å². The molecule has 0 amide bonds. The Kier molecular flexibility index (Phi) is 4.14. The normalized spacial score (nSPS) is 10.7. The molecule has 18 heavy (non-hydrogen) atoms. The van der Waals surface area contributed by atoms with Crippen LogP contribution in [0.3, 0.4) is 0 Å². The number of aryl methyl sites for hydroxylation is 1. The van der Waals surface area contributed by atoms with Crippen molar-refractivity contribution in [3.8, 4) is 11.4 Å². The van der Waals surface area contributed by atoms with E-state index in [0.717, 1.165) is 18.7 Å². The molecule has 0 N–H and O–H groups in total. The molecule has 4 nitrogen and oxygen atoms in total. The molecule has 0 bridgehead atoms. The summed E-state index contributed by atoms with van der Waals surface area (Å²) in [5.74, 6) is 1.28. The van der Waals surface area contributed by atoms with Crippen molar-refractivity contribution in [1.29, 1.82) is 0 Å². The number of halogens is 1. The average molecular weight is 283 g/mol. The van der Waals surface area contributed by atoms with E-state index < -0.39 is 0 Å². The first-order chi connectivity index (χ1) is 8.63. The van der Waals surface area contributed by atoms with E-state index in [4.69, 9.17) is 11.6 Å². The topological polar surface area (TPSA) is 41.9 Å². The smallest absolute Gasteiger partial charge is 0.230 e. The number of thiophene rings is 1. The zero-order chi connectivity index (χ0) is 13.1. The lowest BCUT2D eigenvalue weighted by Gasteiger charge is -2.18. The maximum atomic E-state index is 5.98. The van der Waals surface area contributed by atoms with Gasteiger partial charge in [-0.1, -0.05) is 0 Å². The van der Waals surface area contributed by atoms with Gasteiger partial charge in [0.15, 0.2) is 5.82 Å². The number of aromatic nitrogens is 3. The molecule has 0 saturated carbocycles. The predicted molar refractivity (Wildman–Crippen MR) is 76.4 cm³/mol. The quantitative estimate of drug-likeness (QED) is 0.862. The molecule has 0 radical (unpaired) electrons. The first-order valence-electron chi connectivity index (χ1n) is 5.86. The van der Waals surface area contributed by atoms with E-state index >= 15 is 0 Å². The fourth-order valence-electron chi connectivity index (χ4n) is 1.68. The van der Waals surface area contributed by atoms with Crippen molar-refractivity contribution in [2.75, 3.05) is 18.0 Å². The van der Waals surface area contributed by atoms with Gasteiger partial charge in [0.05, 0.1) is 0 Å². The number of hydrogen-bond acceptors (Lipinski definition) is 5.